The number of rotatable bonds is 6. The quantitative estimate of drug-likeness (QED) is 0.669. The smallest absolute Gasteiger partial charge is 0.323 e. The Morgan fingerprint density at radius 2 is 1.93 bits per heavy atom. The molecule has 0 rings (SSSR count). The van der Waals surface area contributed by atoms with E-state index in [1.807, 2.05) is 20.8 Å². The molecule has 0 saturated carbocycles. The van der Waals surface area contributed by atoms with E-state index in [0.717, 1.165) is 19.3 Å². The van der Waals surface area contributed by atoms with Gasteiger partial charge in [0.05, 0.1) is 0 Å². The van der Waals surface area contributed by atoms with E-state index in [9.17, 15) is 4.79 Å². The van der Waals surface area contributed by atoms with Crippen LogP contribution in [-0.4, -0.2) is 18.1 Å². The molecule has 14 heavy (non-hydrogen) atoms. The summed E-state index contributed by atoms with van der Waals surface area (Å²) in [5.74, 6) is 0.0805. The molecule has 0 saturated heterocycles. The molecule has 2 N–H and O–H groups in total. The second kappa shape index (κ2) is 6.82. The van der Waals surface area contributed by atoms with Gasteiger partial charge >= 0.3 is 5.97 Å². The number of carbonyl (C=O) groups excluding carboxylic acids is 1. The summed E-state index contributed by atoms with van der Waals surface area (Å²) in [5.41, 5.74) is 5.68. The van der Waals surface area contributed by atoms with Gasteiger partial charge in [0.1, 0.15) is 12.1 Å². The fraction of sp³-hybridized carbons (Fsp3) is 0.909. The summed E-state index contributed by atoms with van der Waals surface area (Å²) in [5, 5.41) is 0. The van der Waals surface area contributed by atoms with E-state index in [1.54, 1.807) is 0 Å². The summed E-state index contributed by atoms with van der Waals surface area (Å²) in [4.78, 5) is 11.4. The Kier molecular flexibility index (Phi) is 6.54. The van der Waals surface area contributed by atoms with Crippen molar-refractivity contribution in [1.29, 1.82) is 0 Å². The average Bonchev–Trinajstić information content (AvgIpc) is 2.13. The number of hydrogen-bond donors (Lipinski definition) is 1. The minimum Gasteiger partial charge on any atom is -0.461 e. The molecule has 2 atom stereocenters. The first-order chi connectivity index (χ1) is 6.49. The zero-order chi connectivity index (χ0) is 11.1. The Balaban J connectivity index is 3.82. The van der Waals surface area contributed by atoms with Crippen molar-refractivity contribution in [2.45, 2.75) is 59.1 Å². The molecule has 0 aliphatic heterocycles. The SMILES string of the molecule is CCCC[C@H](N)C(=O)O[C@@H](C)C(C)C. The molecule has 3 nitrogen and oxygen atoms in total. The van der Waals surface area contributed by atoms with Crippen LogP contribution in [0.15, 0.2) is 0 Å². The molecule has 0 amide bonds. The predicted octanol–water partition coefficient (Wildman–Crippen LogP) is 2.09. The van der Waals surface area contributed by atoms with Crippen LogP contribution in [0.3, 0.4) is 0 Å². The number of carbonyl (C=O) groups is 1. The van der Waals surface area contributed by atoms with Gasteiger partial charge in [-0.1, -0.05) is 33.6 Å². The Bertz CT molecular complexity index is 169. The fourth-order valence-corrected chi connectivity index (χ4v) is 0.949. The van der Waals surface area contributed by atoms with Crippen LogP contribution in [0, 0.1) is 5.92 Å². The Hall–Kier alpha value is -0.570. The summed E-state index contributed by atoms with van der Waals surface area (Å²) in [6, 6.07) is -0.448. The second-order valence-electron chi connectivity index (χ2n) is 4.13. The number of nitrogens with two attached hydrogens (primary N) is 1. The maximum absolute atomic E-state index is 11.4. The molecule has 0 fully saturated rings. The molecule has 0 aliphatic rings. The van der Waals surface area contributed by atoms with E-state index in [1.165, 1.54) is 0 Å². The first-order valence-electron chi connectivity index (χ1n) is 5.45. The molecule has 0 aliphatic carbocycles. The second-order valence-corrected chi connectivity index (χ2v) is 4.13. The molecule has 0 radical (unpaired) electrons. The zero-order valence-electron chi connectivity index (χ0n) is 9.75. The Morgan fingerprint density at radius 1 is 1.36 bits per heavy atom. The molecule has 0 unspecified atom stereocenters. The highest BCUT2D eigenvalue weighted by atomic mass is 16.5. The lowest BCUT2D eigenvalue weighted by atomic mass is 10.1. The third-order valence-corrected chi connectivity index (χ3v) is 2.41. The number of esters is 1. The van der Waals surface area contributed by atoms with Crippen molar-refractivity contribution in [3.05, 3.63) is 0 Å². The van der Waals surface area contributed by atoms with Crippen LogP contribution < -0.4 is 5.73 Å². The lowest BCUT2D eigenvalue weighted by Crippen LogP contribution is -2.35. The fourth-order valence-electron chi connectivity index (χ4n) is 0.949. The number of hydrogen-bond acceptors (Lipinski definition) is 3. The number of ether oxygens (including phenoxy) is 1. The van der Waals surface area contributed by atoms with E-state index >= 15 is 0 Å². The molecule has 0 bridgehead atoms. The van der Waals surface area contributed by atoms with Crippen molar-refractivity contribution in [1.82, 2.24) is 0 Å². The molecular weight excluding hydrogens is 178 g/mol. The first kappa shape index (κ1) is 13.4. The molecular formula is C11H23NO2. The zero-order valence-corrected chi connectivity index (χ0v) is 9.75. The standard InChI is InChI=1S/C11H23NO2/c1-5-6-7-10(12)11(13)14-9(4)8(2)3/h8-10H,5-7,12H2,1-4H3/t9-,10-/m0/s1. The first-order valence-corrected chi connectivity index (χ1v) is 5.45. The number of unbranched alkanes of at least 4 members (excludes halogenated alkanes) is 1. The van der Waals surface area contributed by atoms with Crippen LogP contribution in [0.2, 0.25) is 0 Å². The van der Waals surface area contributed by atoms with Gasteiger partial charge in [-0.2, -0.15) is 0 Å². The van der Waals surface area contributed by atoms with Crippen molar-refractivity contribution < 1.29 is 9.53 Å². The molecule has 0 aromatic rings. The highest BCUT2D eigenvalue weighted by Crippen LogP contribution is 2.08. The lowest BCUT2D eigenvalue weighted by Gasteiger charge is -2.19. The summed E-state index contributed by atoms with van der Waals surface area (Å²) >= 11 is 0. The normalized spacial score (nSPS) is 15.3. The Morgan fingerprint density at radius 3 is 2.36 bits per heavy atom. The lowest BCUT2D eigenvalue weighted by molar-refractivity contribution is -0.152. The monoisotopic (exact) mass is 201 g/mol. The van der Waals surface area contributed by atoms with Crippen molar-refractivity contribution in [3.8, 4) is 0 Å². The van der Waals surface area contributed by atoms with Gasteiger partial charge in [-0.15, -0.1) is 0 Å². The largest absolute Gasteiger partial charge is 0.461 e. The molecule has 0 spiro atoms. The summed E-state index contributed by atoms with van der Waals surface area (Å²) < 4.78 is 5.21. The van der Waals surface area contributed by atoms with Crippen molar-refractivity contribution in [2.75, 3.05) is 0 Å². The van der Waals surface area contributed by atoms with E-state index < -0.39 is 6.04 Å². The van der Waals surface area contributed by atoms with Crippen LogP contribution in [-0.2, 0) is 9.53 Å². The maximum Gasteiger partial charge on any atom is 0.323 e. The molecule has 3 heteroatoms. The molecule has 0 heterocycles. The van der Waals surface area contributed by atoms with Gasteiger partial charge in [-0.3, -0.25) is 4.79 Å². The average molecular weight is 201 g/mol. The van der Waals surface area contributed by atoms with Gasteiger partial charge in [0.15, 0.2) is 0 Å². The highest BCUT2D eigenvalue weighted by molar-refractivity contribution is 5.75. The minimum absolute atomic E-state index is 0.0461. The molecule has 0 aromatic carbocycles. The maximum atomic E-state index is 11.4. The predicted molar refractivity (Wildman–Crippen MR) is 57.9 cm³/mol. The minimum atomic E-state index is -0.448. The topological polar surface area (TPSA) is 52.3 Å². The van der Waals surface area contributed by atoms with Gasteiger partial charge in [0.2, 0.25) is 0 Å². The third kappa shape index (κ3) is 5.22. The summed E-state index contributed by atoms with van der Waals surface area (Å²) in [6.45, 7) is 8.02. The van der Waals surface area contributed by atoms with E-state index in [0.29, 0.717) is 5.92 Å². The van der Waals surface area contributed by atoms with Gasteiger partial charge in [0, 0.05) is 0 Å². The van der Waals surface area contributed by atoms with Crippen LogP contribution in [0.5, 0.6) is 0 Å². The van der Waals surface area contributed by atoms with Crippen LogP contribution in [0.4, 0.5) is 0 Å². The molecule has 84 valence electrons. The van der Waals surface area contributed by atoms with Crippen LogP contribution >= 0.6 is 0 Å². The van der Waals surface area contributed by atoms with Crippen molar-refractivity contribution in [3.63, 3.8) is 0 Å². The van der Waals surface area contributed by atoms with Crippen LogP contribution in [0.25, 0.3) is 0 Å². The summed E-state index contributed by atoms with van der Waals surface area (Å²) in [7, 11) is 0. The van der Waals surface area contributed by atoms with Crippen molar-refractivity contribution >= 4 is 5.97 Å². The van der Waals surface area contributed by atoms with E-state index in [2.05, 4.69) is 6.92 Å². The highest BCUT2D eigenvalue weighted by Gasteiger charge is 2.18. The van der Waals surface area contributed by atoms with Gasteiger partial charge in [-0.05, 0) is 19.3 Å². The van der Waals surface area contributed by atoms with Crippen LogP contribution in [0.1, 0.15) is 47.0 Å². The third-order valence-electron chi connectivity index (χ3n) is 2.41. The summed E-state index contributed by atoms with van der Waals surface area (Å²) in [6.07, 6.45) is 2.71. The molecule has 0 aromatic heterocycles. The van der Waals surface area contributed by atoms with Gasteiger partial charge < -0.3 is 10.5 Å². The van der Waals surface area contributed by atoms with E-state index in [-0.39, 0.29) is 12.1 Å². The van der Waals surface area contributed by atoms with Gasteiger partial charge in [0.25, 0.3) is 0 Å². The Labute approximate surface area is 87.0 Å². The van der Waals surface area contributed by atoms with Gasteiger partial charge in [-0.25, -0.2) is 0 Å². The van der Waals surface area contributed by atoms with E-state index in [4.69, 9.17) is 10.5 Å². The van der Waals surface area contributed by atoms with Crippen molar-refractivity contribution in [2.24, 2.45) is 11.7 Å².